The van der Waals surface area contributed by atoms with E-state index in [0.717, 1.165) is 57.3 Å². The predicted octanol–water partition coefficient (Wildman–Crippen LogP) is 3.00. The van der Waals surface area contributed by atoms with Gasteiger partial charge in [0, 0.05) is 31.8 Å². The molecule has 1 aliphatic carbocycles. The van der Waals surface area contributed by atoms with Gasteiger partial charge < -0.3 is 20.5 Å². The van der Waals surface area contributed by atoms with Crippen LogP contribution < -0.4 is 10.6 Å². The maximum absolute atomic E-state index is 12.7. The van der Waals surface area contributed by atoms with Gasteiger partial charge in [0.2, 0.25) is 0 Å². The van der Waals surface area contributed by atoms with Gasteiger partial charge in [0.05, 0.1) is 6.04 Å². The van der Waals surface area contributed by atoms with E-state index in [1.807, 2.05) is 18.2 Å². The zero-order chi connectivity index (χ0) is 17.5. The smallest absolute Gasteiger partial charge is 0.315 e. The minimum absolute atomic E-state index is 0.00117. The molecule has 5 nitrogen and oxygen atoms in total. The molecular formula is C20H30N2O3. The Morgan fingerprint density at radius 3 is 2.56 bits per heavy atom. The average Bonchev–Trinajstić information content (AvgIpc) is 2.68. The molecule has 0 radical (unpaired) electrons. The third-order valence-corrected chi connectivity index (χ3v) is 5.64. The second-order valence-electron chi connectivity index (χ2n) is 7.29. The van der Waals surface area contributed by atoms with Crippen LogP contribution in [-0.4, -0.2) is 37.0 Å². The molecule has 1 saturated carbocycles. The van der Waals surface area contributed by atoms with E-state index in [9.17, 15) is 9.90 Å². The van der Waals surface area contributed by atoms with Gasteiger partial charge >= 0.3 is 6.03 Å². The normalized spacial score (nSPS) is 26.0. The zero-order valence-corrected chi connectivity index (χ0v) is 14.8. The van der Waals surface area contributed by atoms with Crippen molar-refractivity contribution < 1.29 is 14.6 Å². The lowest BCUT2D eigenvalue weighted by Gasteiger charge is -2.34. The largest absolute Gasteiger partial charge is 0.396 e. The van der Waals surface area contributed by atoms with Crippen LogP contribution in [0.1, 0.15) is 50.1 Å². The van der Waals surface area contributed by atoms with Crippen LogP contribution in [0.15, 0.2) is 30.3 Å². The zero-order valence-electron chi connectivity index (χ0n) is 14.8. The minimum Gasteiger partial charge on any atom is -0.396 e. The molecule has 1 aliphatic heterocycles. The van der Waals surface area contributed by atoms with Crippen LogP contribution >= 0.6 is 0 Å². The van der Waals surface area contributed by atoms with Crippen molar-refractivity contribution in [3.63, 3.8) is 0 Å². The van der Waals surface area contributed by atoms with Crippen molar-refractivity contribution in [3.05, 3.63) is 35.9 Å². The summed E-state index contributed by atoms with van der Waals surface area (Å²) in [6, 6.07) is 10.2. The predicted molar refractivity (Wildman–Crippen MR) is 97.2 cm³/mol. The summed E-state index contributed by atoms with van der Waals surface area (Å²) in [7, 11) is 0. The molecule has 2 aliphatic rings. The van der Waals surface area contributed by atoms with E-state index in [1.165, 1.54) is 0 Å². The number of amides is 2. The summed E-state index contributed by atoms with van der Waals surface area (Å²) in [5.41, 5.74) is 1.15. The Hall–Kier alpha value is -1.59. The molecule has 1 aromatic carbocycles. The molecule has 3 rings (SSSR count). The van der Waals surface area contributed by atoms with Crippen LogP contribution in [0.4, 0.5) is 4.79 Å². The van der Waals surface area contributed by atoms with Crippen LogP contribution in [0.3, 0.4) is 0 Å². The first kappa shape index (κ1) is 18.2. The van der Waals surface area contributed by atoms with Crippen molar-refractivity contribution in [3.8, 4) is 0 Å². The van der Waals surface area contributed by atoms with Crippen molar-refractivity contribution in [1.29, 1.82) is 0 Å². The molecule has 1 heterocycles. The average molecular weight is 346 g/mol. The van der Waals surface area contributed by atoms with Crippen LogP contribution in [0.5, 0.6) is 0 Å². The number of hydrogen-bond acceptors (Lipinski definition) is 3. The quantitative estimate of drug-likeness (QED) is 0.767. The number of hydrogen-bond donors (Lipinski definition) is 3. The number of nitrogens with one attached hydrogen (secondary N) is 2. The molecular weight excluding hydrogens is 316 g/mol. The number of rotatable bonds is 5. The highest BCUT2D eigenvalue weighted by molar-refractivity contribution is 5.75. The number of benzene rings is 1. The van der Waals surface area contributed by atoms with Crippen molar-refractivity contribution in [1.82, 2.24) is 10.6 Å². The maximum atomic E-state index is 12.7. The monoisotopic (exact) mass is 346 g/mol. The Morgan fingerprint density at radius 2 is 1.84 bits per heavy atom. The van der Waals surface area contributed by atoms with E-state index < -0.39 is 0 Å². The number of aliphatic hydroxyl groups excluding tert-OH is 1. The number of ether oxygens (including phenoxy) is 1. The maximum Gasteiger partial charge on any atom is 0.315 e. The highest BCUT2D eigenvalue weighted by Crippen LogP contribution is 2.30. The van der Waals surface area contributed by atoms with E-state index in [-0.39, 0.29) is 30.6 Å². The first-order valence-electron chi connectivity index (χ1n) is 9.58. The number of carbonyl (C=O) groups is 1. The number of aliphatic hydroxyl groups is 1. The van der Waals surface area contributed by atoms with Gasteiger partial charge in [-0.15, -0.1) is 0 Å². The summed E-state index contributed by atoms with van der Waals surface area (Å²) in [6.45, 7) is 1.66. The van der Waals surface area contributed by atoms with Crippen LogP contribution in [0.2, 0.25) is 0 Å². The third kappa shape index (κ3) is 4.95. The van der Waals surface area contributed by atoms with E-state index in [1.54, 1.807) is 0 Å². The Morgan fingerprint density at radius 1 is 1.12 bits per heavy atom. The first-order chi connectivity index (χ1) is 12.3. The molecule has 5 heteroatoms. The van der Waals surface area contributed by atoms with E-state index in [0.29, 0.717) is 5.92 Å². The molecule has 1 saturated heterocycles. The molecule has 2 fully saturated rings. The Labute approximate surface area is 150 Å². The molecule has 0 bridgehead atoms. The van der Waals surface area contributed by atoms with Gasteiger partial charge in [-0.3, -0.25) is 0 Å². The van der Waals surface area contributed by atoms with Crippen molar-refractivity contribution in [2.24, 2.45) is 11.8 Å². The van der Waals surface area contributed by atoms with E-state index >= 15 is 0 Å². The third-order valence-electron chi connectivity index (χ3n) is 5.64. The molecule has 3 N–H and O–H groups in total. The van der Waals surface area contributed by atoms with Gasteiger partial charge in [0.15, 0.2) is 0 Å². The van der Waals surface area contributed by atoms with Crippen molar-refractivity contribution in [2.75, 3.05) is 19.8 Å². The van der Waals surface area contributed by atoms with Crippen molar-refractivity contribution >= 4 is 6.03 Å². The summed E-state index contributed by atoms with van der Waals surface area (Å²) in [4.78, 5) is 12.7. The van der Waals surface area contributed by atoms with Gasteiger partial charge in [0.1, 0.15) is 0 Å². The number of urea groups is 1. The SMILES string of the molecule is O=C(N[C@H](c1ccccc1)C1CCOCC1)N[C@@H]1CCCC[C@H]1CO. The fourth-order valence-corrected chi connectivity index (χ4v) is 4.15. The Kier molecular flexibility index (Phi) is 6.70. The second-order valence-corrected chi connectivity index (χ2v) is 7.29. The minimum atomic E-state index is -0.120. The lowest BCUT2D eigenvalue weighted by atomic mass is 9.85. The molecule has 0 unspecified atom stereocenters. The second kappa shape index (κ2) is 9.20. The molecule has 0 aromatic heterocycles. The number of carbonyl (C=O) groups excluding carboxylic acids is 1. The summed E-state index contributed by atoms with van der Waals surface area (Å²) in [5, 5.41) is 15.9. The van der Waals surface area contributed by atoms with Gasteiger partial charge in [-0.1, -0.05) is 43.2 Å². The van der Waals surface area contributed by atoms with Gasteiger partial charge in [-0.2, -0.15) is 0 Å². The molecule has 138 valence electrons. The lowest BCUT2D eigenvalue weighted by molar-refractivity contribution is 0.0545. The molecule has 0 spiro atoms. The van der Waals surface area contributed by atoms with E-state index in [2.05, 4.69) is 22.8 Å². The molecule has 2 amide bonds. The van der Waals surface area contributed by atoms with Crippen molar-refractivity contribution in [2.45, 2.75) is 50.6 Å². The Balaban J connectivity index is 1.65. The highest BCUT2D eigenvalue weighted by Gasteiger charge is 2.29. The standard InChI is InChI=1S/C20H30N2O3/c23-14-17-8-4-5-9-18(17)21-20(24)22-19(15-6-2-1-3-7-15)16-10-12-25-13-11-16/h1-3,6-7,16-19,23H,4-5,8-14H2,(H2,21,22,24)/t17-,18+,19+/m0/s1. The lowest BCUT2D eigenvalue weighted by Crippen LogP contribution is -2.49. The summed E-state index contributed by atoms with van der Waals surface area (Å²) < 4.78 is 5.48. The van der Waals surface area contributed by atoms with Crippen LogP contribution in [-0.2, 0) is 4.74 Å². The van der Waals surface area contributed by atoms with Gasteiger partial charge in [-0.05, 0) is 37.2 Å². The summed E-state index contributed by atoms with van der Waals surface area (Å²) in [6.07, 6.45) is 6.11. The van der Waals surface area contributed by atoms with Gasteiger partial charge in [0.25, 0.3) is 0 Å². The fraction of sp³-hybridized carbons (Fsp3) is 0.650. The van der Waals surface area contributed by atoms with E-state index in [4.69, 9.17) is 4.74 Å². The van der Waals surface area contributed by atoms with Crippen LogP contribution in [0.25, 0.3) is 0 Å². The molecule has 3 atom stereocenters. The highest BCUT2D eigenvalue weighted by atomic mass is 16.5. The summed E-state index contributed by atoms with van der Waals surface area (Å²) >= 11 is 0. The Bertz CT molecular complexity index is 531. The topological polar surface area (TPSA) is 70.6 Å². The fourth-order valence-electron chi connectivity index (χ4n) is 4.15. The molecule has 25 heavy (non-hydrogen) atoms. The first-order valence-corrected chi connectivity index (χ1v) is 9.58. The van der Waals surface area contributed by atoms with Gasteiger partial charge in [-0.25, -0.2) is 4.79 Å². The summed E-state index contributed by atoms with van der Waals surface area (Å²) in [5.74, 6) is 0.569. The molecule has 1 aromatic rings. The van der Waals surface area contributed by atoms with Crippen LogP contribution in [0, 0.1) is 11.8 Å².